The topological polar surface area (TPSA) is 66.5 Å². The monoisotopic (exact) mass is 384 g/mol. The molecule has 0 unspecified atom stereocenters. The molecule has 2 aliphatic rings. The molecule has 0 aromatic heterocycles. The third kappa shape index (κ3) is 4.36. The van der Waals surface area contributed by atoms with E-state index in [1.54, 1.807) is 18.2 Å². The van der Waals surface area contributed by atoms with Crippen LogP contribution in [0.2, 0.25) is 5.02 Å². The highest BCUT2D eigenvalue weighted by Crippen LogP contribution is 2.27. The van der Waals surface area contributed by atoms with Crippen molar-refractivity contribution in [3.63, 3.8) is 0 Å². The molecule has 5 nitrogen and oxygen atoms in total. The third-order valence-corrected chi connectivity index (χ3v) is 7.53. The second-order valence-electron chi connectivity index (χ2n) is 6.98. The van der Waals surface area contributed by atoms with Crippen LogP contribution in [0.5, 0.6) is 0 Å². The minimum absolute atomic E-state index is 0.0849. The molecule has 138 valence electrons. The highest BCUT2D eigenvalue weighted by atomic mass is 35.5. The Kier molecular flexibility index (Phi) is 6.02. The number of rotatable bonds is 4. The average molecular weight is 385 g/mol. The number of nitrogens with zero attached hydrogens (tertiary/aromatic N) is 1. The number of carbonyl (C=O) groups is 1. The molecular formula is C18H25ClN2O3S. The average Bonchev–Trinajstić information content (AvgIpc) is 2.63. The van der Waals surface area contributed by atoms with Crippen LogP contribution in [0.15, 0.2) is 29.2 Å². The minimum Gasteiger partial charge on any atom is -0.352 e. The predicted molar refractivity (Wildman–Crippen MR) is 98.0 cm³/mol. The highest BCUT2D eigenvalue weighted by molar-refractivity contribution is 7.89. The van der Waals surface area contributed by atoms with Gasteiger partial charge >= 0.3 is 0 Å². The van der Waals surface area contributed by atoms with Crippen molar-refractivity contribution in [3.05, 3.63) is 29.3 Å². The fraction of sp³-hybridized carbons (Fsp3) is 0.611. The standard InChI is InChI=1S/C18H25ClN2O3S/c19-16-10-4-5-11-17(16)25(23,24)21-12-6-9-15(13-21)20-18(22)14-7-2-1-3-8-14/h4-5,10-11,14-15H,1-3,6-9,12-13H2,(H,20,22)/t15-/m0/s1. The van der Waals surface area contributed by atoms with E-state index in [1.165, 1.54) is 16.8 Å². The Morgan fingerprint density at radius 2 is 1.80 bits per heavy atom. The molecule has 1 aromatic carbocycles. The van der Waals surface area contributed by atoms with Crippen LogP contribution < -0.4 is 5.32 Å². The summed E-state index contributed by atoms with van der Waals surface area (Å²) < 4.78 is 27.2. The molecule has 1 atom stereocenters. The van der Waals surface area contributed by atoms with Crippen molar-refractivity contribution >= 4 is 27.5 Å². The number of piperidine rings is 1. The van der Waals surface area contributed by atoms with E-state index in [4.69, 9.17) is 11.6 Å². The molecule has 7 heteroatoms. The van der Waals surface area contributed by atoms with Crippen LogP contribution in [0, 0.1) is 5.92 Å². The number of nitrogens with one attached hydrogen (secondary N) is 1. The molecule has 0 radical (unpaired) electrons. The van der Waals surface area contributed by atoms with Gasteiger partial charge in [-0.2, -0.15) is 4.31 Å². The van der Waals surface area contributed by atoms with E-state index in [9.17, 15) is 13.2 Å². The molecule has 1 saturated carbocycles. The van der Waals surface area contributed by atoms with Gasteiger partial charge in [0, 0.05) is 25.0 Å². The van der Waals surface area contributed by atoms with E-state index in [-0.39, 0.29) is 27.8 Å². The fourth-order valence-electron chi connectivity index (χ4n) is 3.76. The minimum atomic E-state index is -3.64. The van der Waals surface area contributed by atoms with Gasteiger partial charge in [-0.1, -0.05) is 43.0 Å². The van der Waals surface area contributed by atoms with Gasteiger partial charge in [-0.3, -0.25) is 4.79 Å². The van der Waals surface area contributed by atoms with Gasteiger partial charge in [0.2, 0.25) is 15.9 Å². The Balaban J connectivity index is 1.66. The zero-order chi connectivity index (χ0) is 17.9. The first-order valence-corrected chi connectivity index (χ1v) is 10.9. The lowest BCUT2D eigenvalue weighted by molar-refractivity contribution is -0.126. The van der Waals surface area contributed by atoms with Gasteiger partial charge in [-0.05, 0) is 37.8 Å². The van der Waals surface area contributed by atoms with Crippen molar-refractivity contribution in [2.24, 2.45) is 5.92 Å². The summed E-state index contributed by atoms with van der Waals surface area (Å²) in [6.07, 6.45) is 6.86. The summed E-state index contributed by atoms with van der Waals surface area (Å²) >= 11 is 6.07. The molecule has 2 fully saturated rings. The molecule has 25 heavy (non-hydrogen) atoms. The maximum atomic E-state index is 12.9. The van der Waals surface area contributed by atoms with Crippen LogP contribution in [-0.4, -0.2) is 37.8 Å². The molecule has 1 amide bonds. The Hall–Kier alpha value is -1.11. The lowest BCUT2D eigenvalue weighted by Crippen LogP contribution is -2.50. The van der Waals surface area contributed by atoms with Gasteiger partial charge < -0.3 is 5.32 Å². The number of benzene rings is 1. The maximum absolute atomic E-state index is 12.9. The Labute approximate surface area is 154 Å². The van der Waals surface area contributed by atoms with Gasteiger partial charge in [-0.25, -0.2) is 8.42 Å². The van der Waals surface area contributed by atoms with Crippen LogP contribution in [0.25, 0.3) is 0 Å². The van der Waals surface area contributed by atoms with Gasteiger partial charge in [0.15, 0.2) is 0 Å². The van der Waals surface area contributed by atoms with E-state index in [1.807, 2.05) is 0 Å². The Morgan fingerprint density at radius 3 is 2.52 bits per heavy atom. The smallest absolute Gasteiger partial charge is 0.244 e. The van der Waals surface area contributed by atoms with Crippen LogP contribution in [0.4, 0.5) is 0 Å². The summed E-state index contributed by atoms with van der Waals surface area (Å²) in [5.74, 6) is 0.172. The van der Waals surface area contributed by atoms with Crippen LogP contribution in [0.3, 0.4) is 0 Å². The van der Waals surface area contributed by atoms with Gasteiger partial charge in [-0.15, -0.1) is 0 Å². The van der Waals surface area contributed by atoms with Crippen molar-refractivity contribution in [1.82, 2.24) is 9.62 Å². The summed E-state index contributed by atoms with van der Waals surface area (Å²) in [4.78, 5) is 12.6. The first-order valence-electron chi connectivity index (χ1n) is 9.03. The number of hydrogen-bond acceptors (Lipinski definition) is 3. The summed E-state index contributed by atoms with van der Waals surface area (Å²) in [5, 5.41) is 3.31. The first-order chi connectivity index (χ1) is 12.0. The molecule has 0 bridgehead atoms. The third-order valence-electron chi connectivity index (χ3n) is 5.16. The summed E-state index contributed by atoms with van der Waals surface area (Å²) in [7, 11) is -3.64. The molecule has 1 aliphatic heterocycles. The second kappa shape index (κ2) is 8.06. The summed E-state index contributed by atoms with van der Waals surface area (Å²) in [6, 6.07) is 6.37. The number of sulfonamides is 1. The zero-order valence-electron chi connectivity index (χ0n) is 14.3. The molecule has 1 N–H and O–H groups in total. The van der Waals surface area contributed by atoms with Gasteiger partial charge in [0.25, 0.3) is 0 Å². The number of carbonyl (C=O) groups excluding carboxylic acids is 1. The fourth-order valence-corrected chi connectivity index (χ4v) is 5.77. The molecule has 1 saturated heterocycles. The molecule has 1 aromatic rings. The van der Waals surface area contributed by atoms with Crippen molar-refractivity contribution in [2.45, 2.75) is 55.9 Å². The van der Waals surface area contributed by atoms with E-state index in [2.05, 4.69) is 5.32 Å². The SMILES string of the molecule is O=C(N[C@H]1CCCN(S(=O)(=O)c2ccccc2Cl)C1)C1CCCCC1. The van der Waals surface area contributed by atoms with Crippen LogP contribution in [0.1, 0.15) is 44.9 Å². The largest absolute Gasteiger partial charge is 0.352 e. The zero-order valence-corrected chi connectivity index (χ0v) is 15.9. The van der Waals surface area contributed by atoms with Crippen molar-refractivity contribution in [2.75, 3.05) is 13.1 Å². The molecule has 3 rings (SSSR count). The van der Waals surface area contributed by atoms with E-state index >= 15 is 0 Å². The lowest BCUT2D eigenvalue weighted by atomic mass is 9.88. The number of hydrogen-bond donors (Lipinski definition) is 1. The predicted octanol–water partition coefficient (Wildman–Crippen LogP) is 3.19. The molecule has 1 heterocycles. The van der Waals surface area contributed by atoms with E-state index < -0.39 is 10.0 Å². The number of halogens is 1. The quantitative estimate of drug-likeness (QED) is 0.866. The molecule has 1 aliphatic carbocycles. The van der Waals surface area contributed by atoms with Crippen LogP contribution in [-0.2, 0) is 14.8 Å². The summed E-state index contributed by atoms with van der Waals surface area (Å²) in [6.45, 7) is 0.773. The van der Waals surface area contributed by atoms with Crippen molar-refractivity contribution in [3.8, 4) is 0 Å². The Bertz CT molecular complexity index is 717. The van der Waals surface area contributed by atoms with Crippen molar-refractivity contribution < 1.29 is 13.2 Å². The highest BCUT2D eigenvalue weighted by Gasteiger charge is 2.33. The molecule has 0 spiro atoms. The normalized spacial score (nSPS) is 23.3. The van der Waals surface area contributed by atoms with E-state index in [0.717, 1.165) is 38.5 Å². The van der Waals surface area contributed by atoms with E-state index in [0.29, 0.717) is 13.1 Å². The van der Waals surface area contributed by atoms with Gasteiger partial charge in [0.1, 0.15) is 4.90 Å². The first kappa shape index (κ1) is 18.7. The van der Waals surface area contributed by atoms with Crippen molar-refractivity contribution in [1.29, 1.82) is 0 Å². The van der Waals surface area contributed by atoms with Crippen LogP contribution >= 0.6 is 11.6 Å². The van der Waals surface area contributed by atoms with Gasteiger partial charge in [0.05, 0.1) is 5.02 Å². The Morgan fingerprint density at radius 1 is 1.08 bits per heavy atom. The second-order valence-corrected chi connectivity index (χ2v) is 9.29. The summed E-state index contributed by atoms with van der Waals surface area (Å²) in [5.41, 5.74) is 0. The lowest BCUT2D eigenvalue weighted by Gasteiger charge is -2.33. The molecular weight excluding hydrogens is 360 g/mol. The number of amides is 1. The maximum Gasteiger partial charge on any atom is 0.244 e.